The fourth-order valence-corrected chi connectivity index (χ4v) is 3.12. The van der Waals surface area contributed by atoms with Crippen LogP contribution >= 0.6 is 11.6 Å². The lowest BCUT2D eigenvalue weighted by atomic mass is 10.2. The Morgan fingerprint density at radius 2 is 1.96 bits per heavy atom. The molecule has 1 N–H and O–H groups in total. The van der Waals surface area contributed by atoms with Gasteiger partial charge in [0.15, 0.2) is 6.61 Å². The van der Waals surface area contributed by atoms with E-state index in [2.05, 4.69) is 10.2 Å². The first kappa shape index (κ1) is 21.4. The molecular formula is C15H21ClN2O6S. The van der Waals surface area contributed by atoms with Gasteiger partial charge in [0.2, 0.25) is 0 Å². The third-order valence-corrected chi connectivity index (χ3v) is 5.24. The highest BCUT2D eigenvalue weighted by molar-refractivity contribution is 7.89. The Bertz CT molecular complexity index is 736. The van der Waals surface area contributed by atoms with Crippen molar-refractivity contribution in [3.05, 3.63) is 28.8 Å². The second-order valence-corrected chi connectivity index (χ2v) is 7.83. The van der Waals surface area contributed by atoms with Crippen LogP contribution in [0.5, 0.6) is 0 Å². The SMILES string of the molecule is CON(C)S(=O)(=O)c1cc(C(=O)OCC(=O)NCC(C)C)ccc1Cl. The molecule has 1 rings (SSSR count). The van der Waals surface area contributed by atoms with E-state index >= 15 is 0 Å². The summed E-state index contributed by atoms with van der Waals surface area (Å²) in [5.41, 5.74) is -0.0517. The number of nitrogens with one attached hydrogen (secondary N) is 1. The number of nitrogens with zero attached hydrogens (tertiary/aromatic N) is 1. The Balaban J connectivity index is 2.88. The second kappa shape index (κ2) is 9.14. The number of ether oxygens (including phenoxy) is 1. The Kier molecular flexibility index (Phi) is 7.81. The number of esters is 1. The number of hydroxylamine groups is 1. The van der Waals surface area contributed by atoms with Gasteiger partial charge in [-0.15, -0.1) is 0 Å². The molecule has 0 radical (unpaired) electrons. The number of carbonyl (C=O) groups is 2. The van der Waals surface area contributed by atoms with Crippen LogP contribution in [0.3, 0.4) is 0 Å². The fraction of sp³-hybridized carbons (Fsp3) is 0.467. The highest BCUT2D eigenvalue weighted by atomic mass is 35.5. The van der Waals surface area contributed by atoms with Crippen LogP contribution in [0, 0.1) is 5.92 Å². The lowest BCUT2D eigenvalue weighted by Gasteiger charge is -2.15. The first-order chi connectivity index (χ1) is 11.6. The molecule has 1 amide bonds. The van der Waals surface area contributed by atoms with Crippen molar-refractivity contribution in [2.24, 2.45) is 5.92 Å². The molecule has 0 spiro atoms. The van der Waals surface area contributed by atoms with Crippen molar-refractivity contribution >= 4 is 33.5 Å². The maximum Gasteiger partial charge on any atom is 0.338 e. The number of hydrogen-bond donors (Lipinski definition) is 1. The smallest absolute Gasteiger partial charge is 0.338 e. The van der Waals surface area contributed by atoms with Crippen LogP contribution in [0.25, 0.3) is 0 Å². The highest BCUT2D eigenvalue weighted by Gasteiger charge is 2.25. The van der Waals surface area contributed by atoms with Gasteiger partial charge in [0.25, 0.3) is 15.9 Å². The molecule has 0 atom stereocenters. The fourth-order valence-electron chi connectivity index (χ4n) is 1.65. The summed E-state index contributed by atoms with van der Waals surface area (Å²) in [7, 11) is -1.66. The molecule has 0 heterocycles. The van der Waals surface area contributed by atoms with Crippen molar-refractivity contribution in [2.45, 2.75) is 18.7 Å². The third-order valence-electron chi connectivity index (χ3n) is 3.08. The van der Waals surface area contributed by atoms with Crippen LogP contribution in [-0.2, 0) is 24.4 Å². The summed E-state index contributed by atoms with van der Waals surface area (Å²) in [6.45, 7) is 3.86. The zero-order valence-electron chi connectivity index (χ0n) is 14.4. The summed E-state index contributed by atoms with van der Waals surface area (Å²) in [6, 6.07) is 3.64. The Morgan fingerprint density at radius 3 is 2.52 bits per heavy atom. The van der Waals surface area contributed by atoms with Gasteiger partial charge in [0.1, 0.15) is 4.90 Å². The molecule has 0 aliphatic rings. The Hall–Kier alpha value is -1.68. The van der Waals surface area contributed by atoms with E-state index in [0.717, 1.165) is 6.07 Å². The largest absolute Gasteiger partial charge is 0.452 e. The summed E-state index contributed by atoms with van der Waals surface area (Å²) < 4.78 is 30.0. The Labute approximate surface area is 152 Å². The summed E-state index contributed by atoms with van der Waals surface area (Å²) in [6.07, 6.45) is 0. The standard InChI is InChI=1S/C15H21ClN2O6S/c1-10(2)8-17-14(19)9-24-15(20)11-5-6-12(16)13(7-11)25(21,22)18(3)23-4/h5-7,10H,8-9H2,1-4H3,(H,17,19). The number of halogens is 1. The third kappa shape index (κ3) is 5.96. The predicted molar refractivity (Wildman–Crippen MR) is 91.5 cm³/mol. The minimum absolute atomic E-state index is 0.0517. The molecule has 0 aromatic heterocycles. The first-order valence-corrected chi connectivity index (χ1v) is 9.17. The van der Waals surface area contributed by atoms with Crippen molar-refractivity contribution in [1.29, 1.82) is 0 Å². The van der Waals surface area contributed by atoms with Crippen molar-refractivity contribution in [1.82, 2.24) is 9.79 Å². The predicted octanol–water partition coefficient (Wildman–Crippen LogP) is 1.45. The van der Waals surface area contributed by atoms with Gasteiger partial charge in [-0.05, 0) is 24.1 Å². The van der Waals surface area contributed by atoms with E-state index in [9.17, 15) is 18.0 Å². The maximum absolute atomic E-state index is 12.3. The number of benzene rings is 1. The van der Waals surface area contributed by atoms with E-state index in [1.165, 1.54) is 26.3 Å². The van der Waals surface area contributed by atoms with Crippen LogP contribution in [0.2, 0.25) is 5.02 Å². The van der Waals surface area contributed by atoms with Crippen molar-refractivity contribution in [3.63, 3.8) is 0 Å². The van der Waals surface area contributed by atoms with E-state index in [1.54, 1.807) is 0 Å². The molecule has 0 saturated carbocycles. The molecule has 0 fully saturated rings. The maximum atomic E-state index is 12.3. The molecule has 8 nitrogen and oxygen atoms in total. The molecule has 0 aliphatic heterocycles. The van der Waals surface area contributed by atoms with Crippen molar-refractivity contribution in [3.8, 4) is 0 Å². The van der Waals surface area contributed by atoms with Crippen LogP contribution < -0.4 is 5.32 Å². The number of hydrogen-bond acceptors (Lipinski definition) is 6. The van der Waals surface area contributed by atoms with Crippen LogP contribution in [0.15, 0.2) is 23.1 Å². The molecule has 0 unspecified atom stereocenters. The van der Waals surface area contributed by atoms with E-state index in [1.807, 2.05) is 13.8 Å². The van der Waals surface area contributed by atoms with Gasteiger partial charge in [-0.2, -0.15) is 0 Å². The van der Waals surface area contributed by atoms with E-state index in [-0.39, 0.29) is 21.4 Å². The molecular weight excluding hydrogens is 372 g/mol. The Morgan fingerprint density at radius 1 is 1.32 bits per heavy atom. The summed E-state index contributed by atoms with van der Waals surface area (Å²) in [5, 5.41) is 2.53. The lowest BCUT2D eigenvalue weighted by Crippen LogP contribution is -2.31. The van der Waals surface area contributed by atoms with Crippen LogP contribution in [0.4, 0.5) is 0 Å². The molecule has 1 aromatic rings. The second-order valence-electron chi connectivity index (χ2n) is 5.52. The molecule has 140 valence electrons. The number of rotatable bonds is 8. The van der Waals surface area contributed by atoms with E-state index < -0.39 is 28.5 Å². The van der Waals surface area contributed by atoms with Gasteiger partial charge in [0, 0.05) is 13.6 Å². The molecule has 25 heavy (non-hydrogen) atoms. The summed E-state index contributed by atoms with van der Waals surface area (Å²) >= 11 is 5.91. The summed E-state index contributed by atoms with van der Waals surface area (Å²) in [5.74, 6) is -1.02. The minimum Gasteiger partial charge on any atom is -0.452 e. The zero-order chi connectivity index (χ0) is 19.2. The van der Waals surface area contributed by atoms with Crippen molar-refractivity contribution in [2.75, 3.05) is 27.3 Å². The quantitative estimate of drug-likeness (QED) is 0.530. The van der Waals surface area contributed by atoms with Crippen molar-refractivity contribution < 1.29 is 27.6 Å². The van der Waals surface area contributed by atoms with E-state index in [4.69, 9.17) is 16.3 Å². The average molecular weight is 393 g/mol. The van der Waals surface area contributed by atoms with Gasteiger partial charge in [0.05, 0.1) is 17.7 Å². The van der Waals surface area contributed by atoms with Gasteiger partial charge in [-0.3, -0.25) is 9.63 Å². The number of amides is 1. The normalized spacial score (nSPS) is 11.6. The highest BCUT2D eigenvalue weighted by Crippen LogP contribution is 2.25. The van der Waals surface area contributed by atoms with Crippen LogP contribution in [0.1, 0.15) is 24.2 Å². The topological polar surface area (TPSA) is 102 Å². The zero-order valence-corrected chi connectivity index (χ0v) is 16.0. The average Bonchev–Trinajstić information content (AvgIpc) is 2.57. The van der Waals surface area contributed by atoms with Gasteiger partial charge < -0.3 is 10.1 Å². The van der Waals surface area contributed by atoms with Gasteiger partial charge >= 0.3 is 5.97 Å². The molecule has 0 saturated heterocycles. The van der Waals surface area contributed by atoms with Gasteiger partial charge in [-0.25, -0.2) is 13.2 Å². The monoisotopic (exact) mass is 392 g/mol. The van der Waals surface area contributed by atoms with Crippen LogP contribution in [-0.4, -0.2) is 52.1 Å². The molecule has 10 heteroatoms. The first-order valence-electron chi connectivity index (χ1n) is 7.36. The number of carbonyl (C=O) groups excluding carboxylic acids is 2. The lowest BCUT2D eigenvalue weighted by molar-refractivity contribution is -0.124. The van der Waals surface area contributed by atoms with E-state index in [0.29, 0.717) is 11.0 Å². The molecule has 0 bridgehead atoms. The minimum atomic E-state index is -4.03. The van der Waals surface area contributed by atoms with Gasteiger partial charge in [-0.1, -0.05) is 29.9 Å². The molecule has 1 aromatic carbocycles. The number of sulfonamides is 1. The summed E-state index contributed by atoms with van der Waals surface area (Å²) in [4.78, 5) is 28.0. The molecule has 0 aliphatic carbocycles.